The molecule has 0 aromatic rings. The van der Waals surface area contributed by atoms with Crippen molar-refractivity contribution in [1.82, 2.24) is 0 Å². The Bertz CT molecular complexity index is 190. The third kappa shape index (κ3) is 5.63. The van der Waals surface area contributed by atoms with Crippen molar-refractivity contribution in [3.63, 3.8) is 0 Å². The fourth-order valence-corrected chi connectivity index (χ4v) is 3.44. The molecule has 5 heteroatoms. The van der Waals surface area contributed by atoms with E-state index in [4.69, 9.17) is 13.3 Å². The van der Waals surface area contributed by atoms with Gasteiger partial charge in [-0.25, -0.2) is 0 Å². The largest absolute Gasteiger partial charge is 0.567 e. The van der Waals surface area contributed by atoms with E-state index in [0.717, 1.165) is 12.8 Å². The molecule has 16 heavy (non-hydrogen) atoms. The molecule has 0 atom stereocenters. The summed E-state index contributed by atoms with van der Waals surface area (Å²) in [7, 11) is -2.73. The second-order valence-corrected chi connectivity index (χ2v) is 6.33. The molecule has 4 nitrogen and oxygen atoms in total. The normalized spacial score (nSPS) is 11.5. The fraction of sp³-hybridized carbons (Fsp3) is 0.909. The highest BCUT2D eigenvalue weighted by molar-refractivity contribution is 6.62. The summed E-state index contributed by atoms with van der Waals surface area (Å²) in [4.78, 5) is 11.6. The molecule has 0 spiro atoms. The third-order valence-corrected chi connectivity index (χ3v) is 5.03. The lowest BCUT2D eigenvalue weighted by molar-refractivity contribution is -0.139. The second kappa shape index (κ2) is 8.72. The summed E-state index contributed by atoms with van der Waals surface area (Å²) in [5.74, 6) is -0.197. The molecular weight excluding hydrogens is 224 g/mol. The zero-order valence-corrected chi connectivity index (χ0v) is 11.9. The van der Waals surface area contributed by atoms with Crippen molar-refractivity contribution in [2.45, 2.75) is 53.0 Å². The van der Waals surface area contributed by atoms with E-state index in [1.54, 1.807) is 0 Å². The van der Waals surface area contributed by atoms with Crippen LogP contribution in [0.15, 0.2) is 0 Å². The molecule has 96 valence electrons. The number of carbonyl (C=O) groups excluding carboxylic acids is 1. The first-order valence-electron chi connectivity index (χ1n) is 6.13. The van der Waals surface area contributed by atoms with Gasteiger partial charge in [-0.3, -0.25) is 4.79 Å². The van der Waals surface area contributed by atoms with Gasteiger partial charge in [-0.2, -0.15) is 0 Å². The summed E-state index contributed by atoms with van der Waals surface area (Å²) in [5, 5.41) is 0. The Morgan fingerprint density at radius 2 is 1.62 bits per heavy atom. The molecule has 0 aliphatic rings. The van der Waals surface area contributed by atoms with Crippen molar-refractivity contribution in [1.29, 1.82) is 0 Å². The molecular formula is C11H24O4Si. The van der Waals surface area contributed by atoms with E-state index in [1.165, 1.54) is 0 Å². The van der Waals surface area contributed by atoms with Gasteiger partial charge in [0.2, 0.25) is 0 Å². The lowest BCUT2D eigenvalue weighted by Crippen LogP contribution is -2.46. The van der Waals surface area contributed by atoms with E-state index >= 15 is 0 Å². The van der Waals surface area contributed by atoms with Crippen LogP contribution in [0.4, 0.5) is 0 Å². The van der Waals surface area contributed by atoms with Gasteiger partial charge in [0.1, 0.15) is 0 Å². The van der Waals surface area contributed by atoms with Crippen molar-refractivity contribution in [2.24, 2.45) is 0 Å². The highest BCUT2D eigenvalue weighted by Crippen LogP contribution is 2.16. The number of hydrogen-bond donors (Lipinski definition) is 0. The number of rotatable bonds is 9. The van der Waals surface area contributed by atoms with Crippen LogP contribution in [0.25, 0.3) is 0 Å². The Labute approximate surface area is 99.6 Å². The summed E-state index contributed by atoms with van der Waals surface area (Å²) < 4.78 is 16.5. The van der Waals surface area contributed by atoms with Gasteiger partial charge >= 0.3 is 8.80 Å². The summed E-state index contributed by atoms with van der Waals surface area (Å²) in [6, 6.07) is 0.631. The van der Waals surface area contributed by atoms with Gasteiger partial charge in [-0.15, -0.1) is 0 Å². The maximum absolute atomic E-state index is 11.6. The molecule has 0 saturated carbocycles. The van der Waals surface area contributed by atoms with Gasteiger partial charge in [-0.05, 0) is 20.3 Å². The molecule has 0 aliphatic heterocycles. The molecule has 0 fully saturated rings. The minimum Gasteiger partial charge on any atom is -0.473 e. The Morgan fingerprint density at radius 3 is 2.00 bits per heavy atom. The lowest BCUT2D eigenvalue weighted by atomic mass is 10.3. The minimum absolute atomic E-state index is 0.197. The molecule has 0 bridgehead atoms. The van der Waals surface area contributed by atoms with E-state index in [-0.39, 0.29) is 5.97 Å². The average Bonchev–Trinajstić information content (AvgIpc) is 2.27. The van der Waals surface area contributed by atoms with E-state index in [1.807, 2.05) is 27.7 Å². The van der Waals surface area contributed by atoms with Crippen LogP contribution in [0.5, 0.6) is 0 Å². The first-order chi connectivity index (χ1) is 7.64. The second-order valence-electron chi connectivity index (χ2n) is 3.48. The van der Waals surface area contributed by atoms with Gasteiger partial charge in [-0.1, -0.05) is 20.3 Å². The van der Waals surface area contributed by atoms with Gasteiger partial charge in [0, 0.05) is 25.7 Å². The molecule has 0 rings (SSSR count). The van der Waals surface area contributed by atoms with Crippen molar-refractivity contribution < 1.29 is 18.1 Å². The first-order valence-corrected chi connectivity index (χ1v) is 8.07. The molecule has 0 amide bonds. The molecule has 0 aromatic heterocycles. The quantitative estimate of drug-likeness (QED) is 0.589. The average molecular weight is 248 g/mol. The number of hydrogen-bond acceptors (Lipinski definition) is 4. The third-order valence-electron chi connectivity index (χ3n) is 2.17. The number of carbonyl (C=O) groups is 1. The first kappa shape index (κ1) is 15.6. The maximum Gasteiger partial charge on any atom is 0.567 e. The zero-order valence-electron chi connectivity index (χ0n) is 10.9. The standard InChI is InChI=1S/C11H24O4Si/c1-5-9-10-11(12)15-16(8-4,13-6-2)14-7-3/h5-10H2,1-4H3. The zero-order chi connectivity index (χ0) is 12.4. The Kier molecular flexibility index (Phi) is 8.51. The Hall–Kier alpha value is -0.393. The van der Waals surface area contributed by atoms with Crippen LogP contribution in [-0.4, -0.2) is 28.0 Å². The summed E-state index contributed by atoms with van der Waals surface area (Å²) in [6.07, 6.45) is 2.29. The molecule has 0 aliphatic carbocycles. The summed E-state index contributed by atoms with van der Waals surface area (Å²) in [5.41, 5.74) is 0. The van der Waals surface area contributed by atoms with Crippen LogP contribution in [0.3, 0.4) is 0 Å². The van der Waals surface area contributed by atoms with Crippen LogP contribution in [0, 0.1) is 0 Å². The predicted molar refractivity (Wildman–Crippen MR) is 65.1 cm³/mol. The van der Waals surface area contributed by atoms with Crippen LogP contribution in [-0.2, 0) is 18.1 Å². The number of unbranched alkanes of at least 4 members (excludes halogenated alkanes) is 1. The van der Waals surface area contributed by atoms with Crippen LogP contribution in [0.1, 0.15) is 47.0 Å². The highest BCUT2D eigenvalue weighted by atomic mass is 28.4. The predicted octanol–water partition coefficient (Wildman–Crippen LogP) is 2.75. The van der Waals surface area contributed by atoms with E-state index in [9.17, 15) is 4.79 Å². The van der Waals surface area contributed by atoms with Crippen molar-refractivity contribution in [3.05, 3.63) is 0 Å². The van der Waals surface area contributed by atoms with Crippen LogP contribution < -0.4 is 0 Å². The van der Waals surface area contributed by atoms with Gasteiger partial charge in [0.15, 0.2) is 0 Å². The molecule has 0 N–H and O–H groups in total. The smallest absolute Gasteiger partial charge is 0.473 e. The van der Waals surface area contributed by atoms with E-state index in [2.05, 4.69) is 0 Å². The summed E-state index contributed by atoms with van der Waals surface area (Å²) in [6.45, 7) is 8.78. The Morgan fingerprint density at radius 1 is 1.06 bits per heavy atom. The van der Waals surface area contributed by atoms with Crippen LogP contribution >= 0.6 is 0 Å². The van der Waals surface area contributed by atoms with Gasteiger partial charge in [0.05, 0.1) is 0 Å². The Balaban J connectivity index is 4.32. The molecule has 0 saturated heterocycles. The van der Waals surface area contributed by atoms with E-state index in [0.29, 0.717) is 25.7 Å². The van der Waals surface area contributed by atoms with Gasteiger partial charge in [0.25, 0.3) is 5.97 Å². The van der Waals surface area contributed by atoms with E-state index < -0.39 is 8.80 Å². The van der Waals surface area contributed by atoms with Crippen molar-refractivity contribution >= 4 is 14.8 Å². The molecule has 0 unspecified atom stereocenters. The van der Waals surface area contributed by atoms with Crippen LogP contribution in [0.2, 0.25) is 6.04 Å². The SMILES string of the molecule is CCCCC(=O)O[Si](CC)(OCC)OCC. The topological polar surface area (TPSA) is 44.8 Å². The lowest BCUT2D eigenvalue weighted by Gasteiger charge is -2.27. The van der Waals surface area contributed by atoms with Crippen molar-refractivity contribution in [3.8, 4) is 0 Å². The molecule has 0 aromatic carbocycles. The monoisotopic (exact) mass is 248 g/mol. The highest BCUT2D eigenvalue weighted by Gasteiger charge is 2.42. The fourth-order valence-electron chi connectivity index (χ4n) is 1.36. The summed E-state index contributed by atoms with van der Waals surface area (Å²) >= 11 is 0. The van der Waals surface area contributed by atoms with Gasteiger partial charge < -0.3 is 13.3 Å². The molecule has 0 heterocycles. The maximum atomic E-state index is 11.6. The minimum atomic E-state index is -2.73. The molecule has 0 radical (unpaired) electrons. The van der Waals surface area contributed by atoms with Crippen molar-refractivity contribution in [2.75, 3.05) is 13.2 Å².